The van der Waals surface area contributed by atoms with E-state index in [9.17, 15) is 4.79 Å². The molecule has 24 heavy (non-hydrogen) atoms. The first-order valence-corrected chi connectivity index (χ1v) is 8.91. The van der Waals surface area contributed by atoms with Crippen LogP contribution in [0, 0.1) is 0 Å². The van der Waals surface area contributed by atoms with Gasteiger partial charge in [-0.25, -0.2) is 0 Å². The van der Waals surface area contributed by atoms with Crippen molar-refractivity contribution in [1.82, 2.24) is 20.0 Å². The lowest BCUT2D eigenvalue weighted by molar-refractivity contribution is 0.0724. The molecule has 1 saturated heterocycles. The van der Waals surface area contributed by atoms with E-state index in [2.05, 4.69) is 27.2 Å². The summed E-state index contributed by atoms with van der Waals surface area (Å²) in [5, 5.41) is 7.21. The van der Waals surface area contributed by atoms with Gasteiger partial charge in [-0.2, -0.15) is 5.10 Å². The number of hydrogen-bond acceptors (Lipinski definition) is 3. The Morgan fingerprint density at radius 1 is 1.17 bits per heavy atom. The van der Waals surface area contributed by atoms with Crippen LogP contribution in [0.2, 0.25) is 0 Å². The molecular formula is C19H24N4O. The number of nitrogens with one attached hydrogen (secondary N) is 1. The summed E-state index contributed by atoms with van der Waals surface area (Å²) in [6.07, 6.45) is 6.45. The predicted molar refractivity (Wildman–Crippen MR) is 92.6 cm³/mol. The number of nitrogens with zero attached hydrogens (tertiary/aromatic N) is 3. The lowest BCUT2D eigenvalue weighted by atomic mass is 10.0. The Labute approximate surface area is 142 Å². The van der Waals surface area contributed by atoms with Crippen molar-refractivity contribution in [2.75, 3.05) is 19.6 Å². The Kier molecular flexibility index (Phi) is 4.34. The maximum absolute atomic E-state index is 12.7. The molecule has 1 aromatic heterocycles. The third-order valence-corrected chi connectivity index (χ3v) is 5.10. The quantitative estimate of drug-likeness (QED) is 0.944. The van der Waals surface area contributed by atoms with Crippen molar-refractivity contribution in [3.63, 3.8) is 0 Å². The molecule has 126 valence electrons. The van der Waals surface area contributed by atoms with E-state index < -0.39 is 0 Å². The molecule has 0 unspecified atom stereocenters. The third kappa shape index (κ3) is 3.22. The van der Waals surface area contributed by atoms with E-state index in [4.69, 9.17) is 0 Å². The highest BCUT2D eigenvalue weighted by Crippen LogP contribution is 2.19. The van der Waals surface area contributed by atoms with E-state index in [1.807, 2.05) is 23.2 Å². The first-order chi connectivity index (χ1) is 11.8. The van der Waals surface area contributed by atoms with E-state index >= 15 is 0 Å². The molecule has 3 heterocycles. The number of carbonyl (C=O) groups is 1. The summed E-state index contributed by atoms with van der Waals surface area (Å²) in [4.78, 5) is 17.1. The fourth-order valence-corrected chi connectivity index (χ4v) is 3.76. The monoisotopic (exact) mass is 324 g/mol. The minimum atomic E-state index is 0.187. The van der Waals surface area contributed by atoms with Crippen LogP contribution < -0.4 is 0 Å². The number of H-pyrrole nitrogens is 1. The fraction of sp³-hybridized carbons (Fsp3) is 0.474. The zero-order chi connectivity index (χ0) is 16.4. The Balaban J connectivity index is 1.44. The lowest BCUT2D eigenvalue weighted by Gasteiger charge is -2.28. The Bertz CT molecular complexity index is 718. The van der Waals surface area contributed by atoms with Crippen molar-refractivity contribution < 1.29 is 4.79 Å². The molecule has 0 bridgehead atoms. The highest BCUT2D eigenvalue weighted by molar-refractivity contribution is 5.94. The number of likely N-dealkylation sites (tertiary alicyclic amines) is 1. The standard InChI is InChI=1S/C19H24N4O/c24-19(23-8-2-1-3-9-23)16-6-4-5-15(11-16)13-22-10-7-18-17(14-22)12-20-21-18/h4-6,11-12H,1-3,7-10,13-14H2,(H,20,21). The maximum Gasteiger partial charge on any atom is 0.253 e. The minimum Gasteiger partial charge on any atom is -0.339 e. The molecular weight excluding hydrogens is 300 g/mol. The third-order valence-electron chi connectivity index (χ3n) is 5.10. The fourth-order valence-electron chi connectivity index (χ4n) is 3.76. The second-order valence-corrected chi connectivity index (χ2v) is 6.89. The van der Waals surface area contributed by atoms with Gasteiger partial charge >= 0.3 is 0 Å². The van der Waals surface area contributed by atoms with Crippen molar-refractivity contribution in [3.8, 4) is 0 Å². The van der Waals surface area contributed by atoms with Crippen LogP contribution in [0.15, 0.2) is 30.5 Å². The largest absolute Gasteiger partial charge is 0.339 e. The number of aromatic nitrogens is 2. The van der Waals surface area contributed by atoms with Crippen molar-refractivity contribution in [2.24, 2.45) is 0 Å². The zero-order valence-corrected chi connectivity index (χ0v) is 14.0. The van der Waals surface area contributed by atoms with Crippen LogP contribution >= 0.6 is 0 Å². The summed E-state index contributed by atoms with van der Waals surface area (Å²) >= 11 is 0. The second kappa shape index (κ2) is 6.77. The Hall–Kier alpha value is -2.14. The van der Waals surface area contributed by atoms with E-state index in [0.29, 0.717) is 0 Å². The van der Waals surface area contributed by atoms with Gasteiger partial charge < -0.3 is 4.90 Å². The van der Waals surface area contributed by atoms with Gasteiger partial charge in [0.25, 0.3) is 5.91 Å². The molecule has 2 aliphatic rings. The van der Waals surface area contributed by atoms with Gasteiger partial charge in [-0.1, -0.05) is 12.1 Å². The maximum atomic E-state index is 12.7. The average Bonchev–Trinajstić information content (AvgIpc) is 3.10. The minimum absolute atomic E-state index is 0.187. The molecule has 5 nitrogen and oxygen atoms in total. The van der Waals surface area contributed by atoms with Crippen LogP contribution in [0.1, 0.15) is 46.4 Å². The number of aromatic amines is 1. The van der Waals surface area contributed by atoms with Gasteiger partial charge in [0.1, 0.15) is 0 Å². The van der Waals surface area contributed by atoms with Crippen LogP contribution in [0.5, 0.6) is 0 Å². The normalized spacial score (nSPS) is 18.4. The van der Waals surface area contributed by atoms with Crippen LogP contribution in [0.3, 0.4) is 0 Å². The highest BCUT2D eigenvalue weighted by Gasteiger charge is 2.20. The van der Waals surface area contributed by atoms with E-state index in [1.165, 1.54) is 23.2 Å². The van der Waals surface area contributed by atoms with Crippen molar-refractivity contribution in [1.29, 1.82) is 0 Å². The second-order valence-electron chi connectivity index (χ2n) is 6.89. The smallest absolute Gasteiger partial charge is 0.253 e. The Morgan fingerprint density at radius 3 is 2.92 bits per heavy atom. The molecule has 2 aliphatic heterocycles. The SMILES string of the molecule is O=C(c1cccc(CN2CCc3[nH]ncc3C2)c1)N1CCCCC1. The summed E-state index contributed by atoms with van der Waals surface area (Å²) in [6, 6.07) is 8.16. The van der Waals surface area contributed by atoms with Crippen LogP contribution in [-0.2, 0) is 19.5 Å². The highest BCUT2D eigenvalue weighted by atomic mass is 16.2. The molecule has 5 heteroatoms. The molecule has 1 aromatic carbocycles. The summed E-state index contributed by atoms with van der Waals surface area (Å²) in [6.45, 7) is 4.64. The molecule has 4 rings (SSSR count). The molecule has 1 N–H and O–H groups in total. The molecule has 0 radical (unpaired) electrons. The van der Waals surface area contributed by atoms with E-state index in [0.717, 1.165) is 57.5 Å². The van der Waals surface area contributed by atoms with Crippen molar-refractivity contribution in [3.05, 3.63) is 52.8 Å². The number of piperidine rings is 1. The van der Waals surface area contributed by atoms with Gasteiger partial charge in [-0.05, 0) is 37.0 Å². The lowest BCUT2D eigenvalue weighted by Crippen LogP contribution is -2.35. The molecule has 0 atom stereocenters. The number of hydrogen-bond donors (Lipinski definition) is 1. The number of fused-ring (bicyclic) bond motifs is 1. The first-order valence-electron chi connectivity index (χ1n) is 8.91. The number of carbonyl (C=O) groups excluding carboxylic acids is 1. The van der Waals surface area contributed by atoms with Crippen LogP contribution in [0.4, 0.5) is 0 Å². The van der Waals surface area contributed by atoms with Gasteiger partial charge in [-0.3, -0.25) is 14.8 Å². The van der Waals surface area contributed by atoms with Gasteiger partial charge in [0.2, 0.25) is 0 Å². The van der Waals surface area contributed by atoms with Crippen LogP contribution in [0.25, 0.3) is 0 Å². The van der Waals surface area contributed by atoms with Gasteiger partial charge in [-0.15, -0.1) is 0 Å². The van der Waals surface area contributed by atoms with E-state index in [-0.39, 0.29) is 5.91 Å². The topological polar surface area (TPSA) is 52.2 Å². The molecule has 1 fully saturated rings. The molecule has 0 saturated carbocycles. The number of rotatable bonds is 3. The average molecular weight is 324 g/mol. The zero-order valence-electron chi connectivity index (χ0n) is 14.0. The van der Waals surface area contributed by atoms with Crippen molar-refractivity contribution >= 4 is 5.91 Å². The molecule has 0 aliphatic carbocycles. The number of benzene rings is 1. The Morgan fingerprint density at radius 2 is 2.04 bits per heavy atom. The van der Waals surface area contributed by atoms with Crippen molar-refractivity contribution in [2.45, 2.75) is 38.8 Å². The van der Waals surface area contributed by atoms with Crippen LogP contribution in [-0.4, -0.2) is 45.5 Å². The molecule has 2 aromatic rings. The van der Waals surface area contributed by atoms with Gasteiger partial charge in [0.15, 0.2) is 0 Å². The van der Waals surface area contributed by atoms with Gasteiger partial charge in [0, 0.05) is 56.0 Å². The van der Waals surface area contributed by atoms with E-state index in [1.54, 1.807) is 0 Å². The first kappa shape index (κ1) is 15.4. The predicted octanol–water partition coefficient (Wildman–Crippen LogP) is 2.59. The summed E-state index contributed by atoms with van der Waals surface area (Å²) < 4.78 is 0. The number of amides is 1. The van der Waals surface area contributed by atoms with Gasteiger partial charge in [0.05, 0.1) is 6.20 Å². The molecule has 1 amide bonds. The summed E-state index contributed by atoms with van der Waals surface area (Å²) in [7, 11) is 0. The molecule has 0 spiro atoms. The summed E-state index contributed by atoms with van der Waals surface area (Å²) in [5.41, 5.74) is 4.60. The summed E-state index contributed by atoms with van der Waals surface area (Å²) in [5.74, 6) is 0.187.